The Kier molecular flexibility index (Phi) is 6.85. The molecular weight excluding hydrogens is 170 g/mol. The Balaban J connectivity index is 2.90. The Bertz CT molecular complexity index is 138. The van der Waals surface area contributed by atoms with Crippen molar-refractivity contribution in [2.75, 3.05) is 26.4 Å². The first-order chi connectivity index (χ1) is 5.77. The molecule has 0 aromatic rings. The molecule has 0 radical (unpaired) electrons. The zero-order chi connectivity index (χ0) is 9.23. The molecule has 0 aromatic carbocycles. The van der Waals surface area contributed by atoms with Crippen LogP contribution in [0.4, 0.5) is 0 Å². The van der Waals surface area contributed by atoms with Gasteiger partial charge in [0.1, 0.15) is 13.2 Å². The summed E-state index contributed by atoms with van der Waals surface area (Å²) in [6, 6.07) is 0. The summed E-state index contributed by atoms with van der Waals surface area (Å²) < 4.78 is 9.05. The molecule has 0 saturated heterocycles. The minimum absolute atomic E-state index is 0.100. The summed E-state index contributed by atoms with van der Waals surface area (Å²) in [6.07, 6.45) is 0. The molecular formula is C5H9NO6. The van der Waals surface area contributed by atoms with E-state index in [-0.39, 0.29) is 26.4 Å². The molecule has 70 valence electrons. The van der Waals surface area contributed by atoms with Crippen molar-refractivity contribution in [3.63, 3.8) is 0 Å². The highest BCUT2D eigenvalue weighted by atomic mass is 17.0. The van der Waals surface area contributed by atoms with E-state index in [0.29, 0.717) is 6.47 Å². The molecule has 0 aliphatic carbocycles. The Morgan fingerprint density at radius 2 is 1.92 bits per heavy atom. The first-order valence-corrected chi connectivity index (χ1v) is 3.17. The van der Waals surface area contributed by atoms with Gasteiger partial charge < -0.3 is 14.3 Å². The maximum atomic E-state index is 9.59. The summed E-state index contributed by atoms with van der Waals surface area (Å²) in [7, 11) is 0. The third-order valence-corrected chi connectivity index (χ3v) is 0.838. The van der Waals surface area contributed by atoms with E-state index in [9.17, 15) is 14.9 Å². The van der Waals surface area contributed by atoms with Gasteiger partial charge in [-0.3, -0.25) is 4.79 Å². The zero-order valence-electron chi connectivity index (χ0n) is 6.30. The molecule has 0 atom stereocenters. The maximum absolute atomic E-state index is 9.59. The maximum Gasteiger partial charge on any atom is 0.294 e. The largest absolute Gasteiger partial charge is 0.465 e. The van der Waals surface area contributed by atoms with Crippen LogP contribution < -0.4 is 0 Å². The molecule has 0 aliphatic rings. The first kappa shape index (κ1) is 10.6. The van der Waals surface area contributed by atoms with E-state index in [4.69, 9.17) is 4.74 Å². The topological polar surface area (TPSA) is 87.9 Å². The van der Waals surface area contributed by atoms with Crippen molar-refractivity contribution in [1.29, 1.82) is 0 Å². The number of nitrogens with zero attached hydrogens (tertiary/aromatic N) is 1. The second-order valence-corrected chi connectivity index (χ2v) is 1.64. The normalized spacial score (nSPS) is 9.00. The van der Waals surface area contributed by atoms with Crippen LogP contribution in [0.15, 0.2) is 0 Å². The van der Waals surface area contributed by atoms with Gasteiger partial charge in [-0.15, -0.1) is 10.1 Å². The molecule has 0 amide bonds. The van der Waals surface area contributed by atoms with Crippen molar-refractivity contribution in [3.8, 4) is 0 Å². The van der Waals surface area contributed by atoms with Crippen molar-refractivity contribution >= 4 is 6.47 Å². The number of carbonyl (C=O) groups excluding carboxylic acids is 1. The lowest BCUT2D eigenvalue weighted by molar-refractivity contribution is -0.758. The van der Waals surface area contributed by atoms with Gasteiger partial charge in [0, 0.05) is 0 Å². The SMILES string of the molecule is O=COCCOCCO[N+](=O)[O-]. The van der Waals surface area contributed by atoms with Crippen molar-refractivity contribution in [1.82, 2.24) is 0 Å². The predicted octanol–water partition coefficient (Wildman–Crippen LogP) is -0.616. The zero-order valence-corrected chi connectivity index (χ0v) is 6.30. The summed E-state index contributed by atoms with van der Waals surface area (Å²) in [6.45, 7) is 0.635. The number of hydrogen-bond acceptors (Lipinski definition) is 6. The van der Waals surface area contributed by atoms with Crippen molar-refractivity contribution in [2.24, 2.45) is 0 Å². The van der Waals surface area contributed by atoms with E-state index in [1.807, 2.05) is 0 Å². The lowest BCUT2D eigenvalue weighted by Gasteiger charge is -2.01. The Hall–Kier alpha value is -1.37. The number of rotatable bonds is 8. The lowest BCUT2D eigenvalue weighted by Crippen LogP contribution is -2.11. The predicted molar refractivity (Wildman–Crippen MR) is 35.8 cm³/mol. The van der Waals surface area contributed by atoms with Crippen LogP contribution in [0.25, 0.3) is 0 Å². The van der Waals surface area contributed by atoms with E-state index >= 15 is 0 Å². The molecule has 7 heteroatoms. The first-order valence-electron chi connectivity index (χ1n) is 3.17. The highest BCUT2D eigenvalue weighted by molar-refractivity contribution is 5.36. The van der Waals surface area contributed by atoms with Crippen LogP contribution in [0.5, 0.6) is 0 Å². The van der Waals surface area contributed by atoms with Crippen LogP contribution in [0, 0.1) is 10.1 Å². The number of hydrogen-bond donors (Lipinski definition) is 0. The van der Waals surface area contributed by atoms with Crippen molar-refractivity contribution in [2.45, 2.75) is 0 Å². The number of carbonyl (C=O) groups is 1. The van der Waals surface area contributed by atoms with Crippen LogP contribution in [0.3, 0.4) is 0 Å². The minimum atomic E-state index is -0.898. The van der Waals surface area contributed by atoms with Gasteiger partial charge in [-0.1, -0.05) is 0 Å². The molecule has 12 heavy (non-hydrogen) atoms. The molecule has 0 fully saturated rings. The third kappa shape index (κ3) is 8.63. The molecule has 0 spiro atoms. The fourth-order valence-electron chi connectivity index (χ4n) is 0.428. The number of ether oxygens (including phenoxy) is 2. The molecule has 0 N–H and O–H groups in total. The van der Waals surface area contributed by atoms with Crippen LogP contribution in [-0.2, 0) is 19.1 Å². The monoisotopic (exact) mass is 179 g/mol. The molecule has 7 nitrogen and oxygen atoms in total. The van der Waals surface area contributed by atoms with Gasteiger partial charge in [0.15, 0.2) is 0 Å². The van der Waals surface area contributed by atoms with E-state index in [1.54, 1.807) is 0 Å². The van der Waals surface area contributed by atoms with E-state index < -0.39 is 5.09 Å². The van der Waals surface area contributed by atoms with E-state index in [2.05, 4.69) is 9.57 Å². The van der Waals surface area contributed by atoms with Gasteiger partial charge in [0.2, 0.25) is 0 Å². The molecule has 0 saturated carbocycles. The quantitative estimate of drug-likeness (QED) is 0.213. The smallest absolute Gasteiger partial charge is 0.294 e. The van der Waals surface area contributed by atoms with Crippen molar-refractivity contribution < 1.29 is 24.2 Å². The minimum Gasteiger partial charge on any atom is -0.465 e. The van der Waals surface area contributed by atoms with Gasteiger partial charge in [-0.05, 0) is 0 Å². The Labute approximate surface area is 68.3 Å². The average molecular weight is 179 g/mol. The lowest BCUT2D eigenvalue weighted by atomic mass is 10.7. The van der Waals surface area contributed by atoms with Crippen LogP contribution in [0.1, 0.15) is 0 Å². The van der Waals surface area contributed by atoms with Gasteiger partial charge in [0.05, 0.1) is 13.2 Å². The second kappa shape index (κ2) is 7.73. The van der Waals surface area contributed by atoms with Crippen LogP contribution in [0.2, 0.25) is 0 Å². The second-order valence-electron chi connectivity index (χ2n) is 1.64. The van der Waals surface area contributed by atoms with Gasteiger partial charge >= 0.3 is 0 Å². The molecule has 0 rings (SSSR count). The van der Waals surface area contributed by atoms with E-state index in [0.717, 1.165) is 0 Å². The van der Waals surface area contributed by atoms with Crippen molar-refractivity contribution in [3.05, 3.63) is 10.1 Å². The standard InChI is InChI=1S/C5H9NO6/c7-5-11-2-1-10-3-4-12-6(8)9/h5H,1-4H2. The van der Waals surface area contributed by atoms with Gasteiger partial charge in [-0.2, -0.15) is 0 Å². The molecule has 0 heterocycles. The summed E-state index contributed by atoms with van der Waals surface area (Å²) in [5.41, 5.74) is 0. The van der Waals surface area contributed by atoms with Gasteiger partial charge in [-0.25, -0.2) is 0 Å². The summed E-state index contributed by atoms with van der Waals surface area (Å²) in [4.78, 5) is 23.1. The molecule has 0 aromatic heterocycles. The van der Waals surface area contributed by atoms with Gasteiger partial charge in [0.25, 0.3) is 11.6 Å². The summed E-state index contributed by atoms with van der Waals surface area (Å²) in [5, 5.41) is 8.69. The Morgan fingerprint density at radius 1 is 1.25 bits per heavy atom. The fraction of sp³-hybridized carbons (Fsp3) is 0.800. The Morgan fingerprint density at radius 3 is 2.50 bits per heavy atom. The summed E-state index contributed by atoms with van der Waals surface area (Å²) >= 11 is 0. The van der Waals surface area contributed by atoms with E-state index in [1.165, 1.54) is 0 Å². The third-order valence-electron chi connectivity index (χ3n) is 0.838. The average Bonchev–Trinajstić information content (AvgIpc) is 2.02. The fourth-order valence-corrected chi connectivity index (χ4v) is 0.428. The van der Waals surface area contributed by atoms with Crippen LogP contribution >= 0.6 is 0 Å². The molecule has 0 aliphatic heterocycles. The summed E-state index contributed by atoms with van der Waals surface area (Å²) in [5.74, 6) is 0. The highest BCUT2D eigenvalue weighted by Crippen LogP contribution is 1.79. The highest BCUT2D eigenvalue weighted by Gasteiger charge is 1.93. The molecule has 0 unspecified atom stereocenters. The molecule has 0 bridgehead atoms. The van der Waals surface area contributed by atoms with Crippen LogP contribution in [-0.4, -0.2) is 38.0 Å².